The van der Waals surface area contributed by atoms with Crippen LogP contribution in [0.5, 0.6) is 5.75 Å². The summed E-state index contributed by atoms with van der Waals surface area (Å²) in [5, 5.41) is 6.88. The van der Waals surface area contributed by atoms with Crippen molar-refractivity contribution in [2.45, 2.75) is 45.2 Å². The van der Waals surface area contributed by atoms with E-state index in [9.17, 15) is 0 Å². The molecule has 2 N–H and O–H groups in total. The Morgan fingerprint density at radius 3 is 2.62 bits per heavy atom. The van der Waals surface area contributed by atoms with Crippen LogP contribution in [0.2, 0.25) is 0 Å². The number of nitrogens with one attached hydrogen (secondary N) is 2. The molecule has 0 atom stereocenters. The molecule has 164 valence electrons. The number of guanidine groups is 1. The van der Waals surface area contributed by atoms with Crippen molar-refractivity contribution < 1.29 is 9.47 Å². The van der Waals surface area contributed by atoms with Crippen LogP contribution in [-0.4, -0.2) is 63.9 Å². The fraction of sp³-hybridized carbons (Fsp3) is 0.682. The van der Waals surface area contributed by atoms with E-state index in [2.05, 4.69) is 45.6 Å². The van der Waals surface area contributed by atoms with Crippen LogP contribution in [0.25, 0.3) is 0 Å². The van der Waals surface area contributed by atoms with E-state index in [0.717, 1.165) is 42.3 Å². The van der Waals surface area contributed by atoms with Gasteiger partial charge in [0.15, 0.2) is 5.96 Å². The van der Waals surface area contributed by atoms with Crippen LogP contribution in [0, 0.1) is 12.8 Å². The molecule has 2 fully saturated rings. The molecule has 3 rings (SSSR count). The van der Waals surface area contributed by atoms with Crippen LogP contribution in [0.3, 0.4) is 0 Å². The largest absolute Gasteiger partial charge is 0.491 e. The lowest BCUT2D eigenvalue weighted by Crippen LogP contribution is -2.42. The Labute approximate surface area is 192 Å². The molecule has 1 aromatic carbocycles. The molecular weight excluding hydrogens is 479 g/mol. The van der Waals surface area contributed by atoms with Gasteiger partial charge in [-0.1, -0.05) is 12.1 Å². The van der Waals surface area contributed by atoms with Crippen LogP contribution in [0.1, 0.15) is 36.8 Å². The highest BCUT2D eigenvalue weighted by molar-refractivity contribution is 14.0. The van der Waals surface area contributed by atoms with E-state index in [1.54, 1.807) is 7.11 Å². The Morgan fingerprint density at radius 1 is 1.17 bits per heavy atom. The molecule has 0 radical (unpaired) electrons. The van der Waals surface area contributed by atoms with E-state index in [-0.39, 0.29) is 24.0 Å². The average Bonchev–Trinajstić information content (AvgIpc) is 3.59. The third-order valence-electron chi connectivity index (χ3n) is 5.38. The third-order valence-corrected chi connectivity index (χ3v) is 5.38. The van der Waals surface area contributed by atoms with Crippen molar-refractivity contribution in [1.29, 1.82) is 0 Å². The number of halogens is 1. The number of hydrogen-bond acceptors (Lipinski definition) is 4. The Morgan fingerprint density at radius 2 is 1.97 bits per heavy atom. The summed E-state index contributed by atoms with van der Waals surface area (Å²) >= 11 is 0. The van der Waals surface area contributed by atoms with Gasteiger partial charge >= 0.3 is 0 Å². The fourth-order valence-corrected chi connectivity index (χ4v) is 3.39. The normalized spacial score (nSPS) is 16.5. The van der Waals surface area contributed by atoms with E-state index in [0.29, 0.717) is 19.8 Å². The maximum Gasteiger partial charge on any atom is 0.191 e. The zero-order chi connectivity index (χ0) is 19.8. The van der Waals surface area contributed by atoms with Gasteiger partial charge in [-0.15, -0.1) is 24.0 Å². The van der Waals surface area contributed by atoms with Crippen molar-refractivity contribution in [2.24, 2.45) is 10.9 Å². The lowest BCUT2D eigenvalue weighted by atomic mass is 10.1. The highest BCUT2D eigenvalue weighted by Gasteiger charge is 2.33. The van der Waals surface area contributed by atoms with Gasteiger partial charge in [-0.05, 0) is 50.2 Å². The molecule has 1 aromatic rings. The standard InChI is InChI=1S/C22H36N4O2.HI/c1-17-4-7-19(21(14-17)28-13-12-27-3)15-25-22(23-2)24-10-11-26(20-8-9-20)16-18-5-6-18;/h4,7,14,18,20H,5-6,8-13,15-16H2,1-3H3,(H2,23,24,25);1H. The second kappa shape index (κ2) is 12.6. The minimum atomic E-state index is 0. The summed E-state index contributed by atoms with van der Waals surface area (Å²) in [5.74, 6) is 2.70. The summed E-state index contributed by atoms with van der Waals surface area (Å²) in [6.07, 6.45) is 5.59. The molecule has 0 aliphatic heterocycles. The minimum absolute atomic E-state index is 0. The molecule has 29 heavy (non-hydrogen) atoms. The molecule has 2 saturated carbocycles. The van der Waals surface area contributed by atoms with Crippen molar-refractivity contribution in [1.82, 2.24) is 15.5 Å². The molecule has 2 aliphatic rings. The fourth-order valence-electron chi connectivity index (χ4n) is 3.39. The van der Waals surface area contributed by atoms with E-state index < -0.39 is 0 Å². The summed E-state index contributed by atoms with van der Waals surface area (Å²) < 4.78 is 11.0. The van der Waals surface area contributed by atoms with E-state index >= 15 is 0 Å². The molecule has 6 nitrogen and oxygen atoms in total. The van der Waals surface area contributed by atoms with Crippen LogP contribution in [-0.2, 0) is 11.3 Å². The van der Waals surface area contributed by atoms with Crippen LogP contribution >= 0.6 is 24.0 Å². The van der Waals surface area contributed by atoms with Gasteiger partial charge in [0.1, 0.15) is 12.4 Å². The Bertz CT molecular complexity index is 648. The lowest BCUT2D eigenvalue weighted by molar-refractivity contribution is 0.145. The summed E-state index contributed by atoms with van der Waals surface area (Å²) in [6.45, 7) is 7.20. The molecule has 0 saturated heterocycles. The summed E-state index contributed by atoms with van der Waals surface area (Å²) in [5.41, 5.74) is 2.31. The third kappa shape index (κ3) is 8.68. The minimum Gasteiger partial charge on any atom is -0.491 e. The SMILES string of the molecule is CN=C(NCCN(CC1CC1)C1CC1)NCc1ccc(C)cc1OCCOC.I. The first kappa shape index (κ1) is 24.2. The Kier molecular flexibility index (Phi) is 10.5. The highest BCUT2D eigenvalue weighted by atomic mass is 127. The number of hydrogen-bond donors (Lipinski definition) is 2. The van der Waals surface area contributed by atoms with Gasteiger partial charge in [0, 0.05) is 51.9 Å². The van der Waals surface area contributed by atoms with Crippen LogP contribution in [0.15, 0.2) is 23.2 Å². The second-order valence-corrected chi connectivity index (χ2v) is 7.97. The van der Waals surface area contributed by atoms with Crippen molar-refractivity contribution in [3.8, 4) is 5.75 Å². The molecule has 7 heteroatoms. The van der Waals surface area contributed by atoms with Crippen molar-refractivity contribution in [3.05, 3.63) is 29.3 Å². The maximum atomic E-state index is 5.88. The van der Waals surface area contributed by atoms with Crippen molar-refractivity contribution in [3.63, 3.8) is 0 Å². The molecule has 0 heterocycles. The number of ether oxygens (including phenoxy) is 2. The van der Waals surface area contributed by atoms with Gasteiger partial charge < -0.3 is 20.1 Å². The zero-order valence-electron chi connectivity index (χ0n) is 18.1. The number of aliphatic imine (C=N–C) groups is 1. The van der Waals surface area contributed by atoms with Gasteiger partial charge in [-0.3, -0.25) is 9.89 Å². The monoisotopic (exact) mass is 516 g/mol. The van der Waals surface area contributed by atoms with Crippen LogP contribution in [0.4, 0.5) is 0 Å². The number of nitrogens with zero attached hydrogens (tertiary/aromatic N) is 2. The molecule has 0 amide bonds. The van der Waals surface area contributed by atoms with Crippen molar-refractivity contribution in [2.75, 3.05) is 47.0 Å². The molecule has 0 spiro atoms. The van der Waals surface area contributed by atoms with Gasteiger partial charge in [-0.2, -0.15) is 0 Å². The second-order valence-electron chi connectivity index (χ2n) is 7.97. The van der Waals surface area contributed by atoms with E-state index in [1.807, 2.05) is 7.05 Å². The maximum absolute atomic E-state index is 5.88. The Balaban J connectivity index is 0.00000300. The highest BCUT2D eigenvalue weighted by Crippen LogP contribution is 2.34. The quantitative estimate of drug-likeness (QED) is 0.194. The number of methoxy groups -OCH3 is 1. The predicted molar refractivity (Wildman–Crippen MR) is 129 cm³/mol. The molecule has 0 unspecified atom stereocenters. The number of benzene rings is 1. The van der Waals surface area contributed by atoms with Crippen molar-refractivity contribution >= 4 is 29.9 Å². The summed E-state index contributed by atoms with van der Waals surface area (Å²) in [7, 11) is 3.51. The molecule has 2 aliphatic carbocycles. The van der Waals surface area contributed by atoms with E-state index in [4.69, 9.17) is 9.47 Å². The molecular formula is C22H37IN4O2. The van der Waals surface area contributed by atoms with Gasteiger partial charge in [-0.25, -0.2) is 0 Å². The van der Waals surface area contributed by atoms with Gasteiger partial charge in [0.05, 0.1) is 6.61 Å². The first-order valence-corrected chi connectivity index (χ1v) is 10.6. The predicted octanol–water partition coefficient (Wildman–Crippen LogP) is 3.18. The smallest absolute Gasteiger partial charge is 0.191 e. The average molecular weight is 516 g/mol. The summed E-state index contributed by atoms with van der Waals surface area (Å²) in [6, 6.07) is 7.13. The topological polar surface area (TPSA) is 58.1 Å². The van der Waals surface area contributed by atoms with E-state index in [1.165, 1.54) is 37.8 Å². The van der Waals surface area contributed by atoms with Crippen LogP contribution < -0.4 is 15.4 Å². The first-order chi connectivity index (χ1) is 13.7. The first-order valence-electron chi connectivity index (χ1n) is 10.6. The Hall–Kier alpha value is -1.06. The lowest BCUT2D eigenvalue weighted by Gasteiger charge is -2.22. The summed E-state index contributed by atoms with van der Waals surface area (Å²) in [4.78, 5) is 7.04. The number of rotatable bonds is 12. The van der Waals surface area contributed by atoms with Gasteiger partial charge in [0.2, 0.25) is 0 Å². The van der Waals surface area contributed by atoms with Gasteiger partial charge in [0.25, 0.3) is 0 Å². The number of aryl methyl sites for hydroxylation is 1. The molecule has 0 bridgehead atoms. The zero-order valence-corrected chi connectivity index (χ0v) is 20.4. The molecule has 0 aromatic heterocycles.